The van der Waals surface area contributed by atoms with Gasteiger partial charge >= 0.3 is 0 Å². The zero-order chi connectivity index (χ0) is 43.6. The van der Waals surface area contributed by atoms with E-state index >= 15 is 0 Å². The number of fused-ring (bicyclic) bond motifs is 4. The van der Waals surface area contributed by atoms with Gasteiger partial charge in [0.05, 0.1) is 0 Å². The van der Waals surface area contributed by atoms with Crippen LogP contribution in [0.2, 0.25) is 0 Å². The van der Waals surface area contributed by atoms with E-state index in [-0.39, 0.29) is 17.5 Å². The van der Waals surface area contributed by atoms with Gasteiger partial charge in [-0.3, -0.25) is 0 Å². The molecule has 0 saturated heterocycles. The molecule has 0 fully saturated rings. The second-order valence-electron chi connectivity index (χ2n) is 18.7. The van der Waals surface area contributed by atoms with E-state index < -0.39 is 0 Å². The summed E-state index contributed by atoms with van der Waals surface area (Å²) in [5, 5.41) is 0. The van der Waals surface area contributed by atoms with Crippen LogP contribution in [-0.2, 0) is 10.8 Å². The van der Waals surface area contributed by atoms with E-state index in [0.717, 1.165) is 11.4 Å². The van der Waals surface area contributed by atoms with Gasteiger partial charge in [-0.15, -0.1) is 0 Å². The third kappa shape index (κ3) is 6.58. The maximum absolute atomic E-state index is 2.54. The molecule has 0 aliphatic carbocycles. The zero-order valence-corrected chi connectivity index (χ0v) is 37.3. The molecule has 11 rings (SSSR count). The quantitative estimate of drug-likeness (QED) is 0.141. The van der Waals surface area contributed by atoms with Crippen LogP contribution in [0.1, 0.15) is 55.5 Å². The van der Waals surface area contributed by atoms with Crippen molar-refractivity contribution in [3.63, 3.8) is 0 Å². The lowest BCUT2D eigenvalue weighted by molar-refractivity contribution is 0.641. The average molecular weight is 823 g/mol. The molecule has 0 saturated carbocycles. The number of nitrogens with zero attached hydrogens (tertiary/aromatic N) is 2. The monoisotopic (exact) mass is 822 g/mol. The Hall–Kier alpha value is -7.36. The highest BCUT2D eigenvalue weighted by molar-refractivity contribution is 7.00. The van der Waals surface area contributed by atoms with Crippen LogP contribution in [-0.4, -0.2) is 6.71 Å². The van der Waals surface area contributed by atoms with Crippen molar-refractivity contribution >= 4 is 57.2 Å². The van der Waals surface area contributed by atoms with Crippen molar-refractivity contribution in [1.29, 1.82) is 0 Å². The molecule has 64 heavy (non-hydrogen) atoms. The first kappa shape index (κ1) is 39.5. The molecule has 9 aromatic rings. The molecule has 0 N–H and O–H groups in total. The Morgan fingerprint density at radius 1 is 0.328 bits per heavy atom. The number of benzene rings is 9. The highest BCUT2D eigenvalue weighted by Gasteiger charge is 2.44. The molecule has 2 nitrogen and oxygen atoms in total. The van der Waals surface area contributed by atoms with Crippen molar-refractivity contribution in [2.45, 2.75) is 45.4 Å². The summed E-state index contributed by atoms with van der Waals surface area (Å²) in [6.45, 7) is 11.7. The highest BCUT2D eigenvalue weighted by atomic mass is 15.2. The molecule has 0 atom stereocenters. The van der Waals surface area contributed by atoms with Gasteiger partial charge in [0.15, 0.2) is 0 Å². The van der Waals surface area contributed by atoms with Gasteiger partial charge < -0.3 is 9.80 Å². The molecule has 0 amide bonds. The summed E-state index contributed by atoms with van der Waals surface area (Å²) in [6, 6.07) is 81.1. The third-order valence-corrected chi connectivity index (χ3v) is 14.1. The fraction of sp³-hybridized carbons (Fsp3) is 0.115. The topological polar surface area (TPSA) is 6.48 Å². The molecule has 0 unspecified atom stereocenters. The second-order valence-corrected chi connectivity index (χ2v) is 18.7. The zero-order valence-electron chi connectivity index (χ0n) is 37.3. The first-order valence-electron chi connectivity index (χ1n) is 22.6. The minimum atomic E-state index is -0.226. The second kappa shape index (κ2) is 15.5. The first-order valence-corrected chi connectivity index (χ1v) is 22.6. The minimum Gasteiger partial charge on any atom is -0.311 e. The molecule has 9 aromatic carbocycles. The molecule has 2 aliphatic rings. The van der Waals surface area contributed by atoms with Crippen LogP contribution in [0.5, 0.6) is 0 Å². The van der Waals surface area contributed by atoms with E-state index in [2.05, 4.69) is 263 Å². The summed E-state index contributed by atoms with van der Waals surface area (Å²) in [5.41, 5.74) is 22.0. The summed E-state index contributed by atoms with van der Waals surface area (Å²) in [4.78, 5) is 5.07. The Balaban J connectivity index is 1.18. The summed E-state index contributed by atoms with van der Waals surface area (Å²) in [6.07, 6.45) is 0. The normalized spacial score (nSPS) is 13.0. The molecule has 0 bridgehead atoms. The summed E-state index contributed by atoms with van der Waals surface area (Å²) >= 11 is 0. The lowest BCUT2D eigenvalue weighted by atomic mass is 9.33. The van der Waals surface area contributed by atoms with Crippen LogP contribution < -0.4 is 26.2 Å². The van der Waals surface area contributed by atoms with Crippen molar-refractivity contribution in [1.82, 2.24) is 0 Å². The van der Waals surface area contributed by atoms with Gasteiger partial charge in [0, 0.05) is 45.0 Å². The van der Waals surface area contributed by atoms with Crippen LogP contribution in [0, 0.1) is 6.92 Å². The lowest BCUT2D eigenvalue weighted by Gasteiger charge is -2.45. The maximum Gasteiger partial charge on any atom is 0.252 e. The lowest BCUT2D eigenvalue weighted by Crippen LogP contribution is -2.61. The molecule has 0 aromatic heterocycles. The van der Waals surface area contributed by atoms with E-state index in [0.29, 0.717) is 0 Å². The van der Waals surface area contributed by atoms with Gasteiger partial charge in [0.2, 0.25) is 0 Å². The average Bonchev–Trinajstić information content (AvgIpc) is 3.34. The predicted molar refractivity (Wildman–Crippen MR) is 273 cm³/mol. The Morgan fingerprint density at radius 2 is 0.672 bits per heavy atom. The largest absolute Gasteiger partial charge is 0.311 e. The number of hydrogen-bond acceptors (Lipinski definition) is 2. The van der Waals surface area contributed by atoms with Crippen molar-refractivity contribution in [2.75, 3.05) is 9.80 Å². The molecule has 2 aliphatic heterocycles. The Labute approximate surface area is 379 Å². The maximum atomic E-state index is 2.54. The van der Waals surface area contributed by atoms with E-state index in [4.69, 9.17) is 0 Å². The standard InChI is InChI=1S/C61H51BN2/c1-42-38-57-59-58(39-42)64(52-34-28-46(29-35-52)44-20-12-7-13-21-44)56-37-31-50(61(4,5)48-24-16-9-17-25-48)41-54(56)62(59)53-40-49(60(2,3)47-22-14-8-15-23-47)30-36-55(53)63(57)51-32-26-45(27-33-51)43-18-10-6-11-19-43/h6-41H,1-5H3. The minimum absolute atomic E-state index is 0.0201. The van der Waals surface area contributed by atoms with Gasteiger partial charge in [-0.1, -0.05) is 198 Å². The number of anilines is 6. The SMILES string of the molecule is Cc1cc2c3c(c1)N(c1ccc(-c4ccccc4)cc1)c1ccc(C(C)(C)c4ccccc4)cc1B3c1cc(C(C)(C)c3ccccc3)ccc1N2c1ccc(-c2ccccc2)cc1. The molecule has 0 spiro atoms. The van der Waals surface area contributed by atoms with Gasteiger partial charge in [0.1, 0.15) is 0 Å². The van der Waals surface area contributed by atoms with Gasteiger partial charge in [-0.25, -0.2) is 0 Å². The molecule has 308 valence electrons. The smallest absolute Gasteiger partial charge is 0.252 e. The van der Waals surface area contributed by atoms with Gasteiger partial charge in [-0.05, 0) is 122 Å². The van der Waals surface area contributed by atoms with Gasteiger partial charge in [0.25, 0.3) is 6.71 Å². The summed E-state index contributed by atoms with van der Waals surface area (Å²) < 4.78 is 0. The van der Waals surface area contributed by atoms with Crippen LogP contribution >= 0.6 is 0 Å². The van der Waals surface area contributed by atoms with E-state index in [1.54, 1.807) is 0 Å². The van der Waals surface area contributed by atoms with Crippen molar-refractivity contribution < 1.29 is 0 Å². The Kier molecular flexibility index (Phi) is 9.54. The van der Waals surface area contributed by atoms with E-state index in [9.17, 15) is 0 Å². The van der Waals surface area contributed by atoms with Crippen molar-refractivity contribution in [2.24, 2.45) is 0 Å². The molecule has 0 radical (unpaired) electrons. The van der Waals surface area contributed by atoms with Crippen LogP contribution in [0.15, 0.2) is 218 Å². The van der Waals surface area contributed by atoms with Crippen molar-refractivity contribution in [3.8, 4) is 22.3 Å². The van der Waals surface area contributed by atoms with Crippen LogP contribution in [0.25, 0.3) is 22.3 Å². The number of aryl methyl sites for hydroxylation is 1. The number of rotatable bonds is 8. The Morgan fingerprint density at radius 3 is 1.05 bits per heavy atom. The molecular formula is C61H51BN2. The molecule has 3 heteroatoms. The third-order valence-electron chi connectivity index (χ3n) is 14.1. The predicted octanol–water partition coefficient (Wildman–Crippen LogP) is 14.1. The number of hydrogen-bond donors (Lipinski definition) is 0. The Bertz CT molecular complexity index is 2930. The molecular weight excluding hydrogens is 771 g/mol. The summed E-state index contributed by atoms with van der Waals surface area (Å²) in [5.74, 6) is 0. The van der Waals surface area contributed by atoms with Crippen LogP contribution in [0.3, 0.4) is 0 Å². The summed E-state index contributed by atoms with van der Waals surface area (Å²) in [7, 11) is 0. The fourth-order valence-electron chi connectivity index (χ4n) is 10.4. The van der Waals surface area contributed by atoms with E-state index in [1.807, 2.05) is 0 Å². The highest BCUT2D eigenvalue weighted by Crippen LogP contribution is 2.47. The van der Waals surface area contributed by atoms with Gasteiger partial charge in [-0.2, -0.15) is 0 Å². The van der Waals surface area contributed by atoms with Crippen LogP contribution in [0.4, 0.5) is 34.1 Å². The van der Waals surface area contributed by atoms with Crippen molar-refractivity contribution in [3.05, 3.63) is 246 Å². The van der Waals surface area contributed by atoms with E-state index in [1.165, 1.54) is 89.2 Å². The molecule has 2 heterocycles. The first-order chi connectivity index (χ1) is 31.2. The fourth-order valence-corrected chi connectivity index (χ4v) is 10.4.